The first kappa shape index (κ1) is 13.8. The fourth-order valence-electron chi connectivity index (χ4n) is 1.53. The molecule has 1 nitrogen and oxygen atoms in total. The molecule has 1 rings (SSSR count). The van der Waals surface area contributed by atoms with Gasteiger partial charge in [0, 0.05) is 16.9 Å². The van der Waals surface area contributed by atoms with Crippen LogP contribution in [0.3, 0.4) is 0 Å². The van der Waals surface area contributed by atoms with Gasteiger partial charge in [0.05, 0.1) is 0 Å². The second kappa shape index (κ2) is 7.16. The molecular weight excluding hydrogens is 241 g/mol. The van der Waals surface area contributed by atoms with Gasteiger partial charge < -0.3 is 5.32 Å². The minimum Gasteiger partial charge on any atom is -0.313 e. The van der Waals surface area contributed by atoms with Gasteiger partial charge in [-0.15, -0.1) is 11.6 Å². The fraction of sp³-hybridized carbons (Fsp3) is 0.538. The van der Waals surface area contributed by atoms with Gasteiger partial charge >= 0.3 is 0 Å². The Hall–Kier alpha value is -0.240. The summed E-state index contributed by atoms with van der Waals surface area (Å²) in [7, 11) is 0. The number of aryl methyl sites for hydroxylation is 1. The summed E-state index contributed by atoms with van der Waals surface area (Å²) in [5.74, 6) is 0. The standard InChI is InChI=1S/C13H19Cl2N/c1-10-5-6-12(13(15)8-10)9-16-7-3-4-11(2)14/h5-6,8,11,16H,3-4,7,9H2,1-2H3. The monoisotopic (exact) mass is 259 g/mol. The summed E-state index contributed by atoms with van der Waals surface area (Å²) in [6.45, 7) is 5.89. The number of alkyl halides is 1. The number of benzene rings is 1. The van der Waals surface area contributed by atoms with E-state index in [-0.39, 0.29) is 5.38 Å². The lowest BCUT2D eigenvalue weighted by Crippen LogP contribution is -2.15. The highest BCUT2D eigenvalue weighted by atomic mass is 35.5. The van der Waals surface area contributed by atoms with Gasteiger partial charge in [-0.25, -0.2) is 0 Å². The van der Waals surface area contributed by atoms with Gasteiger partial charge in [0.15, 0.2) is 0 Å². The van der Waals surface area contributed by atoms with Gasteiger partial charge in [-0.2, -0.15) is 0 Å². The summed E-state index contributed by atoms with van der Waals surface area (Å²) in [6, 6.07) is 6.16. The SMILES string of the molecule is Cc1ccc(CNCCCC(C)Cl)c(Cl)c1. The second-order valence-electron chi connectivity index (χ2n) is 4.19. The molecule has 0 saturated heterocycles. The average molecular weight is 260 g/mol. The molecule has 1 unspecified atom stereocenters. The van der Waals surface area contributed by atoms with E-state index in [1.807, 2.05) is 19.9 Å². The molecule has 0 aromatic heterocycles. The number of rotatable bonds is 6. The van der Waals surface area contributed by atoms with E-state index in [0.717, 1.165) is 36.5 Å². The smallest absolute Gasteiger partial charge is 0.0453 e. The van der Waals surface area contributed by atoms with Crippen LogP contribution in [0.2, 0.25) is 5.02 Å². The molecule has 90 valence electrons. The van der Waals surface area contributed by atoms with Gasteiger partial charge in [-0.1, -0.05) is 23.7 Å². The number of hydrogen-bond donors (Lipinski definition) is 1. The summed E-state index contributed by atoms with van der Waals surface area (Å²) in [6.07, 6.45) is 2.16. The molecule has 1 N–H and O–H groups in total. The normalized spacial score (nSPS) is 12.8. The molecule has 0 heterocycles. The molecule has 0 aliphatic rings. The highest BCUT2D eigenvalue weighted by Gasteiger charge is 2.00. The Morgan fingerprint density at radius 2 is 2.12 bits per heavy atom. The van der Waals surface area contributed by atoms with Gasteiger partial charge in [0.1, 0.15) is 0 Å². The minimum atomic E-state index is 0.268. The first-order valence-electron chi connectivity index (χ1n) is 5.69. The van der Waals surface area contributed by atoms with Crippen molar-refractivity contribution in [2.45, 2.75) is 38.6 Å². The highest BCUT2D eigenvalue weighted by molar-refractivity contribution is 6.31. The van der Waals surface area contributed by atoms with Crippen molar-refractivity contribution in [3.63, 3.8) is 0 Å². The molecule has 0 bridgehead atoms. The first-order chi connectivity index (χ1) is 7.59. The Kier molecular flexibility index (Phi) is 6.18. The molecule has 0 fully saturated rings. The summed E-state index contributed by atoms with van der Waals surface area (Å²) in [5, 5.41) is 4.49. The van der Waals surface area contributed by atoms with Gasteiger partial charge in [0.25, 0.3) is 0 Å². The predicted molar refractivity (Wildman–Crippen MR) is 72.4 cm³/mol. The average Bonchev–Trinajstić information content (AvgIpc) is 2.20. The van der Waals surface area contributed by atoms with Crippen molar-refractivity contribution >= 4 is 23.2 Å². The van der Waals surface area contributed by atoms with Crippen LogP contribution in [-0.2, 0) is 6.54 Å². The largest absolute Gasteiger partial charge is 0.313 e. The number of nitrogens with one attached hydrogen (secondary N) is 1. The van der Waals surface area contributed by atoms with Crippen LogP contribution < -0.4 is 5.32 Å². The van der Waals surface area contributed by atoms with Gasteiger partial charge in [0.2, 0.25) is 0 Å². The second-order valence-corrected chi connectivity index (χ2v) is 5.35. The van der Waals surface area contributed by atoms with Gasteiger partial charge in [-0.3, -0.25) is 0 Å². The van der Waals surface area contributed by atoms with E-state index in [1.54, 1.807) is 0 Å². The van der Waals surface area contributed by atoms with Crippen molar-refractivity contribution in [1.82, 2.24) is 5.32 Å². The molecule has 0 aliphatic heterocycles. The molecule has 0 amide bonds. The molecule has 0 spiro atoms. The van der Waals surface area contributed by atoms with Gasteiger partial charge in [-0.05, 0) is 50.4 Å². The summed E-state index contributed by atoms with van der Waals surface area (Å²) in [5.41, 5.74) is 2.36. The van der Waals surface area contributed by atoms with Crippen LogP contribution in [0.5, 0.6) is 0 Å². The third kappa shape index (κ3) is 5.20. The zero-order chi connectivity index (χ0) is 12.0. The highest BCUT2D eigenvalue weighted by Crippen LogP contribution is 2.17. The lowest BCUT2D eigenvalue weighted by molar-refractivity contribution is 0.619. The third-order valence-corrected chi connectivity index (χ3v) is 3.05. The molecule has 3 heteroatoms. The molecular formula is C13H19Cl2N. The molecule has 0 aliphatic carbocycles. The van der Waals surface area contributed by atoms with E-state index in [2.05, 4.69) is 17.4 Å². The van der Waals surface area contributed by atoms with E-state index >= 15 is 0 Å². The summed E-state index contributed by atoms with van der Waals surface area (Å²) in [4.78, 5) is 0. The minimum absolute atomic E-state index is 0.268. The lowest BCUT2D eigenvalue weighted by Gasteiger charge is -2.08. The van der Waals surface area contributed by atoms with Crippen molar-refractivity contribution in [3.8, 4) is 0 Å². The van der Waals surface area contributed by atoms with Crippen LogP contribution in [0.15, 0.2) is 18.2 Å². The van der Waals surface area contributed by atoms with Crippen LogP contribution in [-0.4, -0.2) is 11.9 Å². The maximum Gasteiger partial charge on any atom is 0.0453 e. The van der Waals surface area contributed by atoms with E-state index < -0.39 is 0 Å². The Balaban J connectivity index is 2.27. The van der Waals surface area contributed by atoms with E-state index in [1.165, 1.54) is 5.56 Å². The first-order valence-corrected chi connectivity index (χ1v) is 6.51. The zero-order valence-electron chi connectivity index (χ0n) is 9.89. The maximum absolute atomic E-state index is 6.13. The Morgan fingerprint density at radius 1 is 1.38 bits per heavy atom. The van der Waals surface area contributed by atoms with Crippen LogP contribution in [0.1, 0.15) is 30.9 Å². The van der Waals surface area contributed by atoms with E-state index in [0.29, 0.717) is 0 Å². The van der Waals surface area contributed by atoms with Crippen LogP contribution in [0, 0.1) is 6.92 Å². The molecule has 1 atom stereocenters. The Morgan fingerprint density at radius 3 is 2.75 bits per heavy atom. The topological polar surface area (TPSA) is 12.0 Å². The molecule has 16 heavy (non-hydrogen) atoms. The third-order valence-electron chi connectivity index (χ3n) is 2.48. The maximum atomic E-state index is 6.13. The molecule has 1 aromatic carbocycles. The van der Waals surface area contributed by atoms with Crippen molar-refractivity contribution in [3.05, 3.63) is 34.3 Å². The van der Waals surface area contributed by atoms with Crippen LogP contribution >= 0.6 is 23.2 Å². The quantitative estimate of drug-likeness (QED) is 0.598. The predicted octanol–water partition coefficient (Wildman–Crippen LogP) is 4.15. The van der Waals surface area contributed by atoms with Crippen molar-refractivity contribution < 1.29 is 0 Å². The molecule has 0 saturated carbocycles. The van der Waals surface area contributed by atoms with E-state index in [9.17, 15) is 0 Å². The summed E-state index contributed by atoms with van der Waals surface area (Å²) >= 11 is 12.0. The lowest BCUT2D eigenvalue weighted by atomic mass is 10.1. The zero-order valence-corrected chi connectivity index (χ0v) is 11.4. The van der Waals surface area contributed by atoms with Crippen molar-refractivity contribution in [1.29, 1.82) is 0 Å². The number of hydrogen-bond acceptors (Lipinski definition) is 1. The Labute approximate surface area is 108 Å². The molecule has 0 radical (unpaired) electrons. The Bertz CT molecular complexity index is 324. The van der Waals surface area contributed by atoms with Crippen LogP contribution in [0.25, 0.3) is 0 Å². The summed E-state index contributed by atoms with van der Waals surface area (Å²) < 4.78 is 0. The van der Waals surface area contributed by atoms with Crippen molar-refractivity contribution in [2.75, 3.05) is 6.54 Å². The van der Waals surface area contributed by atoms with E-state index in [4.69, 9.17) is 23.2 Å². The number of halogens is 2. The molecule has 1 aromatic rings. The van der Waals surface area contributed by atoms with Crippen molar-refractivity contribution in [2.24, 2.45) is 0 Å². The fourth-order valence-corrected chi connectivity index (χ4v) is 1.98. The van der Waals surface area contributed by atoms with Crippen LogP contribution in [0.4, 0.5) is 0 Å².